The van der Waals surface area contributed by atoms with E-state index in [4.69, 9.17) is 5.14 Å². The SMILES string of the molecule is CCN(CC)c1ccc(N/C=C(/C#N)C(=O)Nc2ccc(S(N)(=O)=O)cc2)cc1. The van der Waals surface area contributed by atoms with Crippen molar-refractivity contribution >= 4 is 33.0 Å². The summed E-state index contributed by atoms with van der Waals surface area (Å²) in [4.78, 5) is 14.4. The fourth-order valence-electron chi connectivity index (χ4n) is 2.59. The molecular formula is C20H23N5O3S. The minimum atomic E-state index is -3.81. The summed E-state index contributed by atoms with van der Waals surface area (Å²) >= 11 is 0. The second-order valence-corrected chi connectivity index (χ2v) is 7.62. The molecule has 2 rings (SSSR count). The third-order valence-corrected chi connectivity index (χ3v) is 5.11. The summed E-state index contributed by atoms with van der Waals surface area (Å²) in [6.07, 6.45) is 1.32. The molecule has 0 aliphatic rings. The van der Waals surface area contributed by atoms with E-state index in [-0.39, 0.29) is 10.5 Å². The summed E-state index contributed by atoms with van der Waals surface area (Å²) in [6, 6.07) is 14.8. The van der Waals surface area contributed by atoms with Crippen LogP contribution in [-0.4, -0.2) is 27.4 Å². The van der Waals surface area contributed by atoms with Gasteiger partial charge in [-0.15, -0.1) is 0 Å². The van der Waals surface area contributed by atoms with Crippen molar-refractivity contribution in [1.82, 2.24) is 0 Å². The molecule has 0 saturated carbocycles. The van der Waals surface area contributed by atoms with Crippen molar-refractivity contribution in [3.05, 3.63) is 60.3 Å². The number of carbonyl (C=O) groups is 1. The molecule has 0 heterocycles. The highest BCUT2D eigenvalue weighted by atomic mass is 32.2. The number of nitrogens with two attached hydrogens (primary N) is 1. The lowest BCUT2D eigenvalue weighted by Gasteiger charge is -2.21. The van der Waals surface area contributed by atoms with E-state index < -0.39 is 15.9 Å². The number of primary sulfonamides is 1. The van der Waals surface area contributed by atoms with Gasteiger partial charge in [0.05, 0.1) is 4.90 Å². The van der Waals surface area contributed by atoms with Crippen LogP contribution < -0.4 is 20.7 Å². The maximum atomic E-state index is 12.3. The van der Waals surface area contributed by atoms with Crippen LogP contribution in [0, 0.1) is 11.3 Å². The van der Waals surface area contributed by atoms with Crippen LogP contribution in [0.2, 0.25) is 0 Å². The quantitative estimate of drug-likeness (QED) is 0.451. The maximum absolute atomic E-state index is 12.3. The second-order valence-electron chi connectivity index (χ2n) is 6.06. The Labute approximate surface area is 170 Å². The van der Waals surface area contributed by atoms with Crippen LogP contribution >= 0.6 is 0 Å². The van der Waals surface area contributed by atoms with Gasteiger partial charge in [0.15, 0.2) is 0 Å². The molecule has 29 heavy (non-hydrogen) atoms. The number of anilines is 3. The number of nitriles is 1. The minimum Gasteiger partial charge on any atom is -0.372 e. The molecule has 0 bridgehead atoms. The molecule has 0 radical (unpaired) electrons. The Morgan fingerprint density at radius 1 is 1.07 bits per heavy atom. The molecular weight excluding hydrogens is 390 g/mol. The van der Waals surface area contributed by atoms with Crippen molar-refractivity contribution in [2.75, 3.05) is 28.6 Å². The van der Waals surface area contributed by atoms with Crippen LogP contribution in [0.3, 0.4) is 0 Å². The fourth-order valence-corrected chi connectivity index (χ4v) is 3.10. The second kappa shape index (κ2) is 9.73. The highest BCUT2D eigenvalue weighted by Gasteiger charge is 2.11. The van der Waals surface area contributed by atoms with E-state index in [1.54, 1.807) is 0 Å². The van der Waals surface area contributed by atoms with Crippen molar-refractivity contribution in [3.63, 3.8) is 0 Å². The van der Waals surface area contributed by atoms with E-state index >= 15 is 0 Å². The van der Waals surface area contributed by atoms with Crippen LogP contribution in [0.15, 0.2) is 65.2 Å². The molecule has 9 heteroatoms. The summed E-state index contributed by atoms with van der Waals surface area (Å²) in [6.45, 7) is 5.97. The van der Waals surface area contributed by atoms with Crippen LogP contribution in [0.5, 0.6) is 0 Å². The number of rotatable bonds is 8. The first-order valence-corrected chi connectivity index (χ1v) is 10.5. The third kappa shape index (κ3) is 6.07. The zero-order valence-corrected chi connectivity index (χ0v) is 17.0. The Morgan fingerprint density at radius 3 is 2.10 bits per heavy atom. The highest BCUT2D eigenvalue weighted by molar-refractivity contribution is 7.89. The van der Waals surface area contributed by atoms with E-state index in [0.717, 1.165) is 24.5 Å². The number of hydrogen-bond donors (Lipinski definition) is 3. The fraction of sp³-hybridized carbons (Fsp3) is 0.200. The Morgan fingerprint density at radius 2 is 1.62 bits per heavy atom. The molecule has 0 spiro atoms. The van der Waals surface area contributed by atoms with Crippen LogP contribution in [0.1, 0.15) is 13.8 Å². The Hall–Kier alpha value is -3.35. The lowest BCUT2D eigenvalue weighted by atomic mass is 10.2. The molecule has 0 atom stereocenters. The average Bonchev–Trinajstić information content (AvgIpc) is 2.70. The Kier molecular flexibility index (Phi) is 7.36. The van der Waals surface area contributed by atoms with Gasteiger partial charge < -0.3 is 15.5 Å². The van der Waals surface area contributed by atoms with Gasteiger partial charge in [0.1, 0.15) is 11.6 Å². The van der Waals surface area contributed by atoms with E-state index in [1.165, 1.54) is 30.5 Å². The molecule has 4 N–H and O–H groups in total. The van der Waals surface area contributed by atoms with Gasteiger partial charge in [-0.2, -0.15) is 5.26 Å². The zero-order valence-electron chi connectivity index (χ0n) is 16.2. The van der Waals surface area contributed by atoms with E-state index in [2.05, 4.69) is 29.4 Å². The first kappa shape index (κ1) is 21.9. The van der Waals surface area contributed by atoms with Crippen molar-refractivity contribution < 1.29 is 13.2 Å². The van der Waals surface area contributed by atoms with E-state index in [9.17, 15) is 18.5 Å². The van der Waals surface area contributed by atoms with Crippen LogP contribution in [-0.2, 0) is 14.8 Å². The normalized spacial score (nSPS) is 11.4. The molecule has 0 aromatic heterocycles. The van der Waals surface area contributed by atoms with Gasteiger partial charge in [-0.25, -0.2) is 13.6 Å². The molecule has 152 valence electrons. The standard InChI is InChI=1S/C20H23N5O3S/c1-3-25(4-2)18-9-5-16(6-10-18)23-14-15(13-21)20(26)24-17-7-11-19(12-8-17)29(22,27)28/h5-12,14,23H,3-4H2,1-2H3,(H,24,26)(H2,22,27,28)/b15-14-. The number of amides is 1. The maximum Gasteiger partial charge on any atom is 0.267 e. The smallest absolute Gasteiger partial charge is 0.267 e. The van der Waals surface area contributed by atoms with Gasteiger partial charge in [-0.05, 0) is 62.4 Å². The van der Waals surface area contributed by atoms with E-state index in [1.807, 2.05) is 30.3 Å². The van der Waals surface area contributed by atoms with Gasteiger partial charge >= 0.3 is 0 Å². The number of nitrogens with one attached hydrogen (secondary N) is 2. The summed E-state index contributed by atoms with van der Waals surface area (Å²) in [5.74, 6) is -0.622. The molecule has 2 aromatic carbocycles. The molecule has 1 amide bonds. The predicted molar refractivity (Wildman–Crippen MR) is 114 cm³/mol. The van der Waals surface area contributed by atoms with Crippen molar-refractivity contribution in [2.24, 2.45) is 5.14 Å². The van der Waals surface area contributed by atoms with Gasteiger partial charge in [-0.3, -0.25) is 4.79 Å². The summed E-state index contributed by atoms with van der Waals surface area (Å²) < 4.78 is 22.5. The summed E-state index contributed by atoms with van der Waals surface area (Å²) in [7, 11) is -3.81. The predicted octanol–water partition coefficient (Wildman–Crippen LogP) is 2.64. The number of hydrogen-bond acceptors (Lipinski definition) is 6. The number of carbonyl (C=O) groups excluding carboxylic acids is 1. The molecule has 0 unspecified atom stereocenters. The first-order valence-electron chi connectivity index (χ1n) is 8.94. The molecule has 0 fully saturated rings. The van der Waals surface area contributed by atoms with Gasteiger partial charge in [0.25, 0.3) is 5.91 Å². The van der Waals surface area contributed by atoms with Gasteiger partial charge in [0, 0.05) is 36.4 Å². The van der Waals surface area contributed by atoms with Crippen molar-refractivity contribution in [1.29, 1.82) is 5.26 Å². The lowest BCUT2D eigenvalue weighted by Crippen LogP contribution is -2.21. The first-order chi connectivity index (χ1) is 13.8. The van der Waals surface area contributed by atoms with Crippen molar-refractivity contribution in [2.45, 2.75) is 18.7 Å². The number of sulfonamides is 1. The summed E-state index contributed by atoms with van der Waals surface area (Å²) in [5.41, 5.74) is 2.03. The largest absolute Gasteiger partial charge is 0.372 e. The summed E-state index contributed by atoms with van der Waals surface area (Å²) in [5, 5.41) is 19.8. The Bertz CT molecular complexity index is 1020. The van der Waals surface area contributed by atoms with Crippen LogP contribution in [0.25, 0.3) is 0 Å². The van der Waals surface area contributed by atoms with Crippen molar-refractivity contribution in [3.8, 4) is 6.07 Å². The highest BCUT2D eigenvalue weighted by Crippen LogP contribution is 2.18. The topological polar surface area (TPSA) is 128 Å². The monoisotopic (exact) mass is 413 g/mol. The molecule has 0 aliphatic heterocycles. The zero-order chi connectivity index (χ0) is 21.4. The molecule has 8 nitrogen and oxygen atoms in total. The molecule has 2 aromatic rings. The minimum absolute atomic E-state index is 0.0682. The van der Waals surface area contributed by atoms with E-state index in [0.29, 0.717) is 5.69 Å². The Balaban J connectivity index is 2.05. The number of benzene rings is 2. The molecule has 0 aliphatic carbocycles. The third-order valence-electron chi connectivity index (χ3n) is 4.18. The molecule has 0 saturated heterocycles. The van der Waals surface area contributed by atoms with Gasteiger partial charge in [-0.1, -0.05) is 0 Å². The van der Waals surface area contributed by atoms with Crippen LogP contribution in [0.4, 0.5) is 17.1 Å². The lowest BCUT2D eigenvalue weighted by molar-refractivity contribution is -0.112. The number of nitrogens with zero attached hydrogens (tertiary/aromatic N) is 2. The van der Waals surface area contributed by atoms with Gasteiger partial charge in [0.2, 0.25) is 10.0 Å². The average molecular weight is 414 g/mol.